The van der Waals surface area contributed by atoms with E-state index in [4.69, 9.17) is 0 Å². The summed E-state index contributed by atoms with van der Waals surface area (Å²) in [6.07, 6.45) is 4.61. The lowest BCUT2D eigenvalue weighted by molar-refractivity contribution is 0.0947. The molecule has 0 radical (unpaired) electrons. The Morgan fingerprint density at radius 2 is 1.95 bits per heavy atom. The van der Waals surface area contributed by atoms with E-state index in [1.165, 1.54) is 6.33 Å². The van der Waals surface area contributed by atoms with Crippen molar-refractivity contribution < 1.29 is 4.79 Å². The number of rotatable bonds is 9. The molecule has 0 saturated carbocycles. The molecule has 1 amide bonds. The summed E-state index contributed by atoms with van der Waals surface area (Å²) in [6.45, 7) is 4.69. The second-order valence-corrected chi connectivity index (χ2v) is 5.45. The van der Waals surface area contributed by atoms with Crippen molar-refractivity contribution in [1.82, 2.24) is 20.2 Å². The molecular weight excluding hydrogens is 266 g/mol. The highest BCUT2D eigenvalue weighted by atomic mass is 16.1. The van der Waals surface area contributed by atoms with Gasteiger partial charge in [0.25, 0.3) is 5.91 Å². The number of nitrogens with zero attached hydrogens (tertiary/aromatic N) is 4. The first-order chi connectivity index (χ1) is 10.0. The average molecular weight is 293 g/mol. The van der Waals surface area contributed by atoms with Crippen LogP contribution in [0.1, 0.15) is 36.7 Å². The molecule has 0 fully saturated rings. The van der Waals surface area contributed by atoms with Gasteiger partial charge < -0.3 is 15.1 Å². The lowest BCUT2D eigenvalue weighted by Crippen LogP contribution is -2.28. The van der Waals surface area contributed by atoms with Gasteiger partial charge in [0.15, 0.2) is 0 Å². The van der Waals surface area contributed by atoms with Gasteiger partial charge in [0.1, 0.15) is 17.8 Å². The minimum Gasteiger partial charge on any atom is -0.360 e. The first-order valence-electron chi connectivity index (χ1n) is 7.50. The van der Waals surface area contributed by atoms with Gasteiger partial charge in [-0.2, -0.15) is 0 Å². The fourth-order valence-electron chi connectivity index (χ4n) is 1.88. The van der Waals surface area contributed by atoms with E-state index in [0.717, 1.165) is 38.2 Å². The molecule has 0 atom stereocenters. The topological polar surface area (TPSA) is 61.4 Å². The molecule has 21 heavy (non-hydrogen) atoms. The number of aromatic nitrogens is 2. The van der Waals surface area contributed by atoms with E-state index in [1.54, 1.807) is 6.07 Å². The van der Waals surface area contributed by atoms with Crippen molar-refractivity contribution in [2.24, 2.45) is 0 Å². The molecule has 1 N–H and O–H groups in total. The second-order valence-electron chi connectivity index (χ2n) is 5.45. The van der Waals surface area contributed by atoms with Gasteiger partial charge in [0.05, 0.1) is 0 Å². The van der Waals surface area contributed by atoms with E-state index in [1.807, 2.05) is 26.0 Å². The zero-order valence-electron chi connectivity index (χ0n) is 13.6. The minimum atomic E-state index is -0.138. The molecule has 0 aliphatic carbocycles. The minimum absolute atomic E-state index is 0.138. The van der Waals surface area contributed by atoms with Crippen LogP contribution >= 0.6 is 0 Å². The highest BCUT2D eigenvalue weighted by Gasteiger charge is 2.10. The van der Waals surface area contributed by atoms with Gasteiger partial charge in [-0.05, 0) is 33.5 Å². The standard InChI is InChI=1S/C15H27N5O/c1-5-6-10-20(4)14-11-13(17-12-18-14)15(21)16-8-7-9-19(2)3/h11-12H,5-10H2,1-4H3,(H,16,21). The van der Waals surface area contributed by atoms with Crippen molar-refractivity contribution in [2.45, 2.75) is 26.2 Å². The number of carbonyl (C=O) groups is 1. The molecule has 0 aromatic carbocycles. The van der Waals surface area contributed by atoms with Crippen LogP contribution in [-0.4, -0.2) is 61.6 Å². The van der Waals surface area contributed by atoms with Crippen molar-refractivity contribution in [2.75, 3.05) is 45.7 Å². The van der Waals surface area contributed by atoms with Crippen LogP contribution in [0.4, 0.5) is 5.82 Å². The van der Waals surface area contributed by atoms with Gasteiger partial charge in [-0.15, -0.1) is 0 Å². The van der Waals surface area contributed by atoms with Crippen LogP contribution in [0.15, 0.2) is 12.4 Å². The van der Waals surface area contributed by atoms with Crippen LogP contribution in [0.25, 0.3) is 0 Å². The lowest BCUT2D eigenvalue weighted by atomic mass is 10.3. The fraction of sp³-hybridized carbons (Fsp3) is 0.667. The summed E-state index contributed by atoms with van der Waals surface area (Å²) in [5.41, 5.74) is 0.424. The summed E-state index contributed by atoms with van der Waals surface area (Å²) >= 11 is 0. The summed E-state index contributed by atoms with van der Waals surface area (Å²) in [4.78, 5) is 24.5. The predicted molar refractivity (Wildman–Crippen MR) is 85.7 cm³/mol. The quantitative estimate of drug-likeness (QED) is 0.697. The molecule has 118 valence electrons. The molecule has 0 unspecified atom stereocenters. The first-order valence-corrected chi connectivity index (χ1v) is 7.50. The van der Waals surface area contributed by atoms with Gasteiger partial charge in [0.2, 0.25) is 0 Å². The van der Waals surface area contributed by atoms with Gasteiger partial charge in [0, 0.05) is 26.2 Å². The van der Waals surface area contributed by atoms with Gasteiger partial charge >= 0.3 is 0 Å². The van der Waals surface area contributed by atoms with Gasteiger partial charge in [-0.1, -0.05) is 13.3 Å². The second kappa shape index (κ2) is 9.28. The molecule has 1 rings (SSSR count). The number of hydrogen-bond acceptors (Lipinski definition) is 5. The Hall–Kier alpha value is -1.69. The number of carbonyl (C=O) groups excluding carboxylic acids is 1. The smallest absolute Gasteiger partial charge is 0.270 e. The van der Waals surface area contributed by atoms with Crippen molar-refractivity contribution in [3.8, 4) is 0 Å². The molecule has 1 heterocycles. The highest BCUT2D eigenvalue weighted by Crippen LogP contribution is 2.10. The zero-order chi connectivity index (χ0) is 15.7. The summed E-state index contributed by atoms with van der Waals surface area (Å²) < 4.78 is 0. The molecule has 0 aliphatic rings. The molecule has 6 nitrogen and oxygen atoms in total. The Bertz CT molecular complexity index is 436. The van der Waals surface area contributed by atoms with Crippen LogP contribution in [0.3, 0.4) is 0 Å². The lowest BCUT2D eigenvalue weighted by Gasteiger charge is -2.17. The number of nitrogens with one attached hydrogen (secondary N) is 1. The summed E-state index contributed by atoms with van der Waals surface area (Å²) in [5, 5.41) is 2.89. The van der Waals surface area contributed by atoms with E-state index < -0.39 is 0 Å². The van der Waals surface area contributed by atoms with E-state index in [2.05, 4.69) is 27.1 Å². The number of hydrogen-bond donors (Lipinski definition) is 1. The Balaban J connectivity index is 2.52. The molecule has 0 saturated heterocycles. The Morgan fingerprint density at radius 1 is 1.19 bits per heavy atom. The summed E-state index contributed by atoms with van der Waals surface area (Å²) in [6, 6.07) is 1.75. The third kappa shape index (κ3) is 6.53. The maximum atomic E-state index is 12.0. The normalized spacial score (nSPS) is 10.7. The highest BCUT2D eigenvalue weighted by molar-refractivity contribution is 5.92. The molecule has 0 aliphatic heterocycles. The fourth-order valence-corrected chi connectivity index (χ4v) is 1.88. The van der Waals surface area contributed by atoms with Gasteiger partial charge in [-0.3, -0.25) is 4.79 Å². The SMILES string of the molecule is CCCCN(C)c1cc(C(=O)NCCCN(C)C)ncn1. The zero-order valence-corrected chi connectivity index (χ0v) is 13.6. The number of anilines is 1. The maximum Gasteiger partial charge on any atom is 0.270 e. The summed E-state index contributed by atoms with van der Waals surface area (Å²) in [5.74, 6) is 0.651. The molecule has 1 aromatic heterocycles. The third-order valence-electron chi connectivity index (χ3n) is 3.19. The van der Waals surface area contributed by atoms with Crippen LogP contribution in [0.5, 0.6) is 0 Å². The number of amides is 1. The first kappa shape index (κ1) is 17.4. The van der Waals surface area contributed by atoms with Crippen LogP contribution in [0, 0.1) is 0 Å². The average Bonchev–Trinajstić information content (AvgIpc) is 2.48. The van der Waals surface area contributed by atoms with E-state index >= 15 is 0 Å². The molecule has 1 aromatic rings. The molecular formula is C15H27N5O. The van der Waals surface area contributed by atoms with E-state index in [0.29, 0.717) is 12.2 Å². The third-order valence-corrected chi connectivity index (χ3v) is 3.19. The molecule has 0 spiro atoms. The maximum absolute atomic E-state index is 12.0. The van der Waals surface area contributed by atoms with Crippen LogP contribution in [0.2, 0.25) is 0 Å². The van der Waals surface area contributed by atoms with Crippen LogP contribution < -0.4 is 10.2 Å². The molecule has 6 heteroatoms. The van der Waals surface area contributed by atoms with Crippen molar-refractivity contribution in [1.29, 1.82) is 0 Å². The van der Waals surface area contributed by atoms with Crippen LogP contribution in [-0.2, 0) is 0 Å². The Labute approximate surface area is 127 Å². The monoisotopic (exact) mass is 293 g/mol. The number of unbranched alkanes of at least 4 members (excludes halogenated alkanes) is 1. The van der Waals surface area contributed by atoms with Crippen molar-refractivity contribution >= 4 is 11.7 Å². The Morgan fingerprint density at radius 3 is 2.62 bits per heavy atom. The van der Waals surface area contributed by atoms with Gasteiger partial charge in [-0.25, -0.2) is 9.97 Å². The predicted octanol–water partition coefficient (Wildman–Crippen LogP) is 1.39. The summed E-state index contributed by atoms with van der Waals surface area (Å²) in [7, 11) is 6.02. The van der Waals surface area contributed by atoms with E-state index in [-0.39, 0.29) is 5.91 Å². The van der Waals surface area contributed by atoms with E-state index in [9.17, 15) is 4.79 Å². The molecule has 0 bridgehead atoms. The van der Waals surface area contributed by atoms with Crippen molar-refractivity contribution in [3.05, 3.63) is 18.1 Å². The van der Waals surface area contributed by atoms with Crippen molar-refractivity contribution in [3.63, 3.8) is 0 Å². The largest absolute Gasteiger partial charge is 0.360 e. The Kier molecular flexibility index (Phi) is 7.68.